The second-order valence-electron chi connectivity index (χ2n) is 1.09. The topological polar surface area (TPSA) is 43.4 Å². The van der Waals surface area contributed by atoms with Crippen molar-refractivity contribution < 1.29 is 63.7 Å². The first kappa shape index (κ1) is 11.5. The Hall–Kier alpha value is 0.724. The van der Waals surface area contributed by atoms with E-state index in [1.54, 1.807) is 0 Å². The number of carbonyl (C=O) groups is 2. The summed E-state index contributed by atoms with van der Waals surface area (Å²) >= 11 is 0. The third kappa shape index (κ3) is 9.87. The zero-order valence-corrected chi connectivity index (χ0v) is 7.03. The van der Waals surface area contributed by atoms with E-state index in [0.29, 0.717) is 0 Å². The van der Waals surface area contributed by atoms with Gasteiger partial charge in [-0.25, -0.2) is 0 Å². The van der Waals surface area contributed by atoms with Gasteiger partial charge in [-0.3, -0.25) is 9.59 Å². The van der Waals surface area contributed by atoms with Crippen LogP contribution in [0.2, 0.25) is 0 Å². The van der Waals surface area contributed by atoms with Crippen LogP contribution in [0.25, 0.3) is 0 Å². The maximum atomic E-state index is 9.81. The van der Waals surface area contributed by atoms with Crippen LogP contribution in [0.5, 0.6) is 0 Å². The smallest absolute Gasteiger partial charge is 0.310 e. The molecule has 0 saturated heterocycles. The first-order valence-corrected chi connectivity index (χ1v) is 1.82. The fourth-order valence-electron chi connectivity index (χ4n) is 0.202. The largest absolute Gasteiger partial charge is 0.394 e. The Bertz CT molecular complexity index is 87.5. The average Bonchev–Trinajstić information content (AvgIpc) is 1.27. The van der Waals surface area contributed by atoms with Crippen LogP contribution in [0.1, 0.15) is 13.8 Å². The summed E-state index contributed by atoms with van der Waals surface area (Å²) in [6.07, 6.45) is 0. The minimum atomic E-state index is -0.562. The second-order valence-corrected chi connectivity index (χ2v) is 1.09. The SMILES string of the molecule is CC(=O)OC(C)=O.[Eu]. The maximum absolute atomic E-state index is 9.81. The van der Waals surface area contributed by atoms with Crippen LogP contribution in [-0.4, -0.2) is 11.9 Å². The molecule has 0 amide bonds. The molecule has 0 aromatic heterocycles. The van der Waals surface area contributed by atoms with E-state index in [9.17, 15) is 9.59 Å². The molecule has 0 aromatic carbocycles. The van der Waals surface area contributed by atoms with E-state index < -0.39 is 11.9 Å². The average molecular weight is 254 g/mol. The van der Waals surface area contributed by atoms with E-state index in [4.69, 9.17) is 0 Å². The van der Waals surface area contributed by atoms with Gasteiger partial charge in [-0.1, -0.05) is 0 Å². The third-order valence-corrected chi connectivity index (χ3v) is 0.287. The fraction of sp³-hybridized carbons (Fsp3) is 0.500. The summed E-state index contributed by atoms with van der Waals surface area (Å²) in [7, 11) is 0. The molecule has 0 aliphatic heterocycles. The predicted octanol–water partition coefficient (Wildman–Crippen LogP) is 0.0960. The molecule has 8 heavy (non-hydrogen) atoms. The van der Waals surface area contributed by atoms with E-state index in [1.807, 2.05) is 0 Å². The van der Waals surface area contributed by atoms with Crippen LogP contribution in [0.4, 0.5) is 0 Å². The van der Waals surface area contributed by atoms with Crippen LogP contribution >= 0.6 is 0 Å². The van der Waals surface area contributed by atoms with E-state index in [-0.39, 0.29) is 49.4 Å². The van der Waals surface area contributed by atoms with Crippen molar-refractivity contribution in [2.24, 2.45) is 0 Å². The number of rotatable bonds is 0. The van der Waals surface area contributed by atoms with E-state index in [2.05, 4.69) is 4.74 Å². The molecule has 0 saturated carbocycles. The van der Waals surface area contributed by atoms with E-state index in [1.165, 1.54) is 13.8 Å². The molecule has 0 aliphatic rings. The van der Waals surface area contributed by atoms with E-state index >= 15 is 0 Å². The van der Waals surface area contributed by atoms with Crippen LogP contribution in [0.15, 0.2) is 0 Å². The summed E-state index contributed by atoms with van der Waals surface area (Å²) in [6.45, 7) is 2.36. The molecule has 0 unspecified atom stereocenters. The van der Waals surface area contributed by atoms with Gasteiger partial charge in [0.2, 0.25) is 0 Å². The molecule has 0 aliphatic carbocycles. The summed E-state index contributed by atoms with van der Waals surface area (Å²) in [5.41, 5.74) is 0. The van der Waals surface area contributed by atoms with Crippen molar-refractivity contribution in [3.8, 4) is 0 Å². The molecule has 4 heteroatoms. The molecule has 0 heterocycles. The Morgan fingerprint density at radius 1 is 1.12 bits per heavy atom. The molecule has 0 N–H and O–H groups in total. The zero-order valence-electron chi connectivity index (χ0n) is 4.60. The summed E-state index contributed by atoms with van der Waals surface area (Å²) in [6, 6.07) is 0. The fourth-order valence-corrected chi connectivity index (χ4v) is 0.202. The number of hydrogen-bond acceptors (Lipinski definition) is 3. The first-order chi connectivity index (χ1) is 3.13. The molecule has 0 aromatic rings. The van der Waals surface area contributed by atoms with Gasteiger partial charge in [0, 0.05) is 63.2 Å². The van der Waals surface area contributed by atoms with Crippen molar-refractivity contribution in [1.82, 2.24) is 0 Å². The van der Waals surface area contributed by atoms with Gasteiger partial charge in [-0.05, 0) is 0 Å². The summed E-state index contributed by atoms with van der Waals surface area (Å²) in [4.78, 5) is 19.6. The molecule has 0 spiro atoms. The van der Waals surface area contributed by atoms with Crippen LogP contribution in [-0.2, 0) is 14.3 Å². The van der Waals surface area contributed by atoms with Gasteiger partial charge in [0.1, 0.15) is 0 Å². The number of ether oxygens (including phenoxy) is 1. The van der Waals surface area contributed by atoms with Gasteiger partial charge in [-0.15, -0.1) is 0 Å². The standard InChI is InChI=1S/C4H6O3.Eu/c1-3(5)7-4(2)6;/h1-2H3;. The normalized spacial score (nSPS) is 6.75. The first-order valence-electron chi connectivity index (χ1n) is 1.82. The van der Waals surface area contributed by atoms with Crippen molar-refractivity contribution in [1.29, 1.82) is 0 Å². The second kappa shape index (κ2) is 5.85. The van der Waals surface area contributed by atoms with Gasteiger partial charge in [0.15, 0.2) is 0 Å². The molecule has 1 radical (unpaired) electrons. The van der Waals surface area contributed by atoms with Crippen molar-refractivity contribution in [2.75, 3.05) is 0 Å². The van der Waals surface area contributed by atoms with Crippen molar-refractivity contribution in [3.63, 3.8) is 0 Å². The molecular weight excluding hydrogens is 248 g/mol. The quantitative estimate of drug-likeness (QED) is 0.454. The molecular formula is C4H6EuO3. The van der Waals surface area contributed by atoms with Crippen molar-refractivity contribution in [2.45, 2.75) is 13.8 Å². The molecule has 0 fully saturated rings. The molecule has 0 atom stereocenters. The number of esters is 2. The molecule has 47 valence electrons. The Labute approximate surface area is 88.3 Å². The summed E-state index contributed by atoms with van der Waals surface area (Å²) < 4.78 is 3.97. The summed E-state index contributed by atoms with van der Waals surface area (Å²) in [5, 5.41) is 0. The molecule has 0 bridgehead atoms. The van der Waals surface area contributed by atoms with Gasteiger partial charge in [-0.2, -0.15) is 0 Å². The predicted molar refractivity (Wildman–Crippen MR) is 22.4 cm³/mol. The minimum absolute atomic E-state index is 0. The Morgan fingerprint density at radius 3 is 1.38 bits per heavy atom. The monoisotopic (exact) mass is 255 g/mol. The number of hydrogen-bond donors (Lipinski definition) is 0. The van der Waals surface area contributed by atoms with Gasteiger partial charge >= 0.3 is 11.9 Å². The van der Waals surface area contributed by atoms with Crippen LogP contribution in [0, 0.1) is 49.4 Å². The molecule has 0 rings (SSSR count). The van der Waals surface area contributed by atoms with Gasteiger partial charge < -0.3 is 4.74 Å². The maximum Gasteiger partial charge on any atom is 0.310 e. The van der Waals surface area contributed by atoms with Gasteiger partial charge in [0.25, 0.3) is 0 Å². The minimum Gasteiger partial charge on any atom is -0.394 e. The van der Waals surface area contributed by atoms with Crippen molar-refractivity contribution >= 4 is 11.9 Å². The Balaban J connectivity index is 0. The molecule has 3 nitrogen and oxygen atoms in total. The van der Waals surface area contributed by atoms with Crippen molar-refractivity contribution in [3.05, 3.63) is 0 Å². The van der Waals surface area contributed by atoms with Crippen LogP contribution < -0.4 is 0 Å². The van der Waals surface area contributed by atoms with Gasteiger partial charge in [0.05, 0.1) is 0 Å². The number of carbonyl (C=O) groups excluding carboxylic acids is 2. The third-order valence-electron chi connectivity index (χ3n) is 0.287. The summed E-state index contributed by atoms with van der Waals surface area (Å²) in [5.74, 6) is -1.12. The Kier molecular flexibility index (Phi) is 8.42. The van der Waals surface area contributed by atoms with Crippen LogP contribution in [0.3, 0.4) is 0 Å². The Morgan fingerprint density at radius 2 is 1.38 bits per heavy atom. The van der Waals surface area contributed by atoms with E-state index in [0.717, 1.165) is 0 Å². The zero-order chi connectivity index (χ0) is 5.86.